The van der Waals surface area contributed by atoms with Crippen LogP contribution in [0.1, 0.15) is 23.3 Å². The smallest absolute Gasteiger partial charge is 0.274 e. The molecule has 1 unspecified atom stereocenters. The van der Waals surface area contributed by atoms with Gasteiger partial charge >= 0.3 is 0 Å². The van der Waals surface area contributed by atoms with Crippen molar-refractivity contribution in [1.82, 2.24) is 20.0 Å². The molecule has 2 heterocycles. The molecular formula is C16H17Cl2N5O3. The summed E-state index contributed by atoms with van der Waals surface area (Å²) in [7, 11) is 1.88. The summed E-state index contributed by atoms with van der Waals surface area (Å²) in [5.41, 5.74) is 0.357. The van der Waals surface area contributed by atoms with Crippen LogP contribution in [0.25, 0.3) is 5.69 Å². The first-order valence-electron chi connectivity index (χ1n) is 8.06. The van der Waals surface area contributed by atoms with Crippen LogP contribution in [0.15, 0.2) is 24.4 Å². The number of benzene rings is 1. The number of rotatable bonds is 4. The van der Waals surface area contributed by atoms with Crippen LogP contribution in [-0.4, -0.2) is 51.7 Å². The zero-order chi connectivity index (χ0) is 18.8. The molecule has 2 aromatic rings. The molecule has 1 aliphatic rings. The van der Waals surface area contributed by atoms with Gasteiger partial charge < -0.3 is 10.2 Å². The summed E-state index contributed by atoms with van der Waals surface area (Å²) in [5, 5.41) is 18.5. The van der Waals surface area contributed by atoms with Crippen molar-refractivity contribution in [2.75, 3.05) is 20.1 Å². The van der Waals surface area contributed by atoms with Crippen LogP contribution in [0, 0.1) is 10.1 Å². The maximum atomic E-state index is 12.7. The van der Waals surface area contributed by atoms with E-state index >= 15 is 0 Å². The summed E-state index contributed by atoms with van der Waals surface area (Å²) in [6, 6.07) is 4.26. The molecular weight excluding hydrogens is 381 g/mol. The molecule has 138 valence electrons. The Labute approximate surface area is 159 Å². The second-order valence-corrected chi connectivity index (χ2v) is 6.85. The highest BCUT2D eigenvalue weighted by Gasteiger charge is 2.25. The third kappa shape index (κ3) is 3.67. The van der Waals surface area contributed by atoms with E-state index in [9.17, 15) is 14.9 Å². The molecule has 3 rings (SSSR count). The predicted molar refractivity (Wildman–Crippen MR) is 98.2 cm³/mol. The molecule has 1 atom stereocenters. The molecule has 1 N–H and O–H groups in total. The number of hydrogen-bond donors (Lipinski definition) is 1. The molecule has 1 aliphatic heterocycles. The number of nitrogens with one attached hydrogen (secondary N) is 1. The van der Waals surface area contributed by atoms with Crippen molar-refractivity contribution in [1.29, 1.82) is 0 Å². The van der Waals surface area contributed by atoms with Crippen molar-refractivity contribution in [2.24, 2.45) is 0 Å². The monoisotopic (exact) mass is 397 g/mol. The molecule has 0 saturated carbocycles. The molecule has 10 heteroatoms. The van der Waals surface area contributed by atoms with Crippen LogP contribution < -0.4 is 5.32 Å². The van der Waals surface area contributed by atoms with Gasteiger partial charge in [-0.3, -0.25) is 14.9 Å². The first-order chi connectivity index (χ1) is 12.4. The van der Waals surface area contributed by atoms with Gasteiger partial charge in [0.05, 0.1) is 15.0 Å². The Morgan fingerprint density at radius 3 is 2.69 bits per heavy atom. The maximum Gasteiger partial charge on any atom is 0.274 e. The zero-order valence-electron chi connectivity index (χ0n) is 14.0. The molecule has 1 fully saturated rings. The van der Waals surface area contributed by atoms with E-state index in [4.69, 9.17) is 23.2 Å². The first kappa shape index (κ1) is 18.6. The van der Waals surface area contributed by atoms with E-state index in [1.807, 2.05) is 7.05 Å². The van der Waals surface area contributed by atoms with E-state index in [0.717, 1.165) is 12.8 Å². The Hall–Kier alpha value is -2.16. The summed E-state index contributed by atoms with van der Waals surface area (Å²) in [4.78, 5) is 24.8. The molecule has 0 bridgehead atoms. The summed E-state index contributed by atoms with van der Waals surface area (Å²) in [5.74, 6) is -0.169. The number of piperidine rings is 1. The first-order valence-corrected chi connectivity index (χ1v) is 8.82. The Morgan fingerprint density at radius 1 is 1.38 bits per heavy atom. The lowest BCUT2D eigenvalue weighted by molar-refractivity contribution is -0.384. The highest BCUT2D eigenvalue weighted by Crippen LogP contribution is 2.33. The number of nitro groups is 1. The molecule has 8 nitrogen and oxygen atoms in total. The average molecular weight is 398 g/mol. The number of halogens is 2. The topological polar surface area (TPSA) is 93.3 Å². The molecule has 1 aromatic heterocycles. The van der Waals surface area contributed by atoms with Crippen molar-refractivity contribution < 1.29 is 9.72 Å². The fourth-order valence-corrected chi connectivity index (χ4v) is 3.65. The number of amides is 1. The third-order valence-corrected chi connectivity index (χ3v) is 4.94. The maximum absolute atomic E-state index is 12.7. The van der Waals surface area contributed by atoms with E-state index in [2.05, 4.69) is 10.4 Å². The number of aromatic nitrogens is 2. The molecule has 26 heavy (non-hydrogen) atoms. The van der Waals surface area contributed by atoms with E-state index in [1.165, 1.54) is 16.8 Å². The largest absolute Gasteiger partial charge is 0.336 e. The lowest BCUT2D eigenvalue weighted by Gasteiger charge is -2.32. The van der Waals surface area contributed by atoms with Gasteiger partial charge in [0, 0.05) is 37.5 Å². The number of nitro benzene ring substituents is 1. The van der Waals surface area contributed by atoms with Gasteiger partial charge in [0.15, 0.2) is 5.69 Å². The minimum atomic E-state index is -0.575. The Bertz CT molecular complexity index is 831. The van der Waals surface area contributed by atoms with Crippen LogP contribution in [-0.2, 0) is 0 Å². The number of carbonyl (C=O) groups is 1. The van der Waals surface area contributed by atoms with Gasteiger partial charge in [-0.15, -0.1) is 0 Å². The van der Waals surface area contributed by atoms with Crippen LogP contribution in [0.2, 0.25) is 10.0 Å². The lowest BCUT2D eigenvalue weighted by Crippen LogP contribution is -2.47. The summed E-state index contributed by atoms with van der Waals surface area (Å²) in [6.07, 6.45) is 3.52. The standard InChI is InChI=1S/C16H17Cl2N5O3/c1-19-10-3-2-5-21(9-10)16(24)14-4-6-22(20-14)15-12(17)7-11(23(25)26)8-13(15)18/h4,6-8,10,19H,2-3,5,9H2,1H3. The fraction of sp³-hybridized carbons (Fsp3) is 0.375. The third-order valence-electron chi connectivity index (χ3n) is 4.37. The van der Waals surface area contributed by atoms with Crippen molar-refractivity contribution in [3.63, 3.8) is 0 Å². The second kappa shape index (κ2) is 7.61. The number of nitrogens with zero attached hydrogens (tertiary/aromatic N) is 4. The quantitative estimate of drug-likeness (QED) is 0.632. The normalized spacial score (nSPS) is 17.3. The van der Waals surface area contributed by atoms with E-state index in [0.29, 0.717) is 18.8 Å². The molecule has 1 amide bonds. The van der Waals surface area contributed by atoms with Gasteiger partial charge in [-0.2, -0.15) is 5.10 Å². The summed E-state index contributed by atoms with van der Waals surface area (Å²) in [6.45, 7) is 1.31. The van der Waals surface area contributed by atoms with E-state index in [1.54, 1.807) is 17.2 Å². The number of non-ortho nitro benzene ring substituents is 1. The van der Waals surface area contributed by atoms with Gasteiger partial charge in [-0.05, 0) is 26.0 Å². The molecule has 0 aliphatic carbocycles. The summed E-state index contributed by atoms with van der Waals surface area (Å²) < 4.78 is 1.36. The van der Waals surface area contributed by atoms with Crippen molar-refractivity contribution in [3.05, 3.63) is 50.2 Å². The Balaban J connectivity index is 1.86. The lowest BCUT2D eigenvalue weighted by atomic mass is 10.1. The van der Waals surface area contributed by atoms with Gasteiger partial charge in [0.25, 0.3) is 11.6 Å². The van der Waals surface area contributed by atoms with Crippen LogP contribution in [0.3, 0.4) is 0 Å². The van der Waals surface area contributed by atoms with Gasteiger partial charge in [0.2, 0.25) is 0 Å². The average Bonchev–Trinajstić information content (AvgIpc) is 3.10. The predicted octanol–water partition coefficient (Wildman–Crippen LogP) is 2.91. The van der Waals surface area contributed by atoms with Gasteiger partial charge in [0.1, 0.15) is 5.69 Å². The minimum Gasteiger partial charge on any atom is -0.336 e. The minimum absolute atomic E-state index is 0.0829. The zero-order valence-corrected chi connectivity index (χ0v) is 15.5. The van der Waals surface area contributed by atoms with Gasteiger partial charge in [-0.25, -0.2) is 4.68 Å². The Morgan fingerprint density at radius 2 is 2.08 bits per heavy atom. The SMILES string of the molecule is CNC1CCCN(C(=O)c2ccn(-c3c(Cl)cc([N+](=O)[O-])cc3Cl)n2)C1. The van der Waals surface area contributed by atoms with Crippen molar-refractivity contribution in [2.45, 2.75) is 18.9 Å². The van der Waals surface area contributed by atoms with E-state index < -0.39 is 4.92 Å². The van der Waals surface area contributed by atoms with E-state index in [-0.39, 0.29) is 33.4 Å². The molecule has 0 radical (unpaired) electrons. The van der Waals surface area contributed by atoms with Crippen molar-refractivity contribution in [3.8, 4) is 5.69 Å². The van der Waals surface area contributed by atoms with Crippen molar-refractivity contribution >= 4 is 34.8 Å². The van der Waals surface area contributed by atoms with Crippen LogP contribution >= 0.6 is 23.2 Å². The molecule has 1 saturated heterocycles. The highest BCUT2D eigenvalue weighted by molar-refractivity contribution is 6.38. The number of likely N-dealkylation sites (tertiary alicyclic amines) is 1. The summed E-state index contributed by atoms with van der Waals surface area (Å²) >= 11 is 12.3. The molecule has 0 spiro atoms. The highest BCUT2D eigenvalue weighted by atomic mass is 35.5. The molecule has 1 aromatic carbocycles. The second-order valence-electron chi connectivity index (χ2n) is 6.04. The fourth-order valence-electron chi connectivity index (χ4n) is 3.00. The Kier molecular flexibility index (Phi) is 5.45. The van der Waals surface area contributed by atoms with Gasteiger partial charge in [-0.1, -0.05) is 23.2 Å². The number of hydrogen-bond acceptors (Lipinski definition) is 5. The number of carbonyl (C=O) groups excluding carboxylic acids is 1. The number of likely N-dealkylation sites (N-methyl/N-ethyl adjacent to an activating group) is 1. The van der Waals surface area contributed by atoms with Crippen LogP contribution in [0.5, 0.6) is 0 Å². The van der Waals surface area contributed by atoms with Crippen LogP contribution in [0.4, 0.5) is 5.69 Å².